The van der Waals surface area contributed by atoms with Crippen LogP contribution in [0.2, 0.25) is 0 Å². The zero-order valence-corrected chi connectivity index (χ0v) is 40.6. The summed E-state index contributed by atoms with van der Waals surface area (Å²) in [5, 5.41) is 0. The van der Waals surface area contributed by atoms with Crippen molar-refractivity contribution in [3.05, 3.63) is 90.9 Å². The summed E-state index contributed by atoms with van der Waals surface area (Å²) in [6.07, 6.45) is 18.4. The Morgan fingerprint density at radius 1 is 0.785 bits per heavy atom. The van der Waals surface area contributed by atoms with E-state index in [0.29, 0.717) is 36.0 Å². The number of carbonyl (C=O) groups excluding carboxylic acids is 3. The third kappa shape index (κ3) is 7.45. The van der Waals surface area contributed by atoms with Crippen molar-refractivity contribution < 1.29 is 23.9 Å². The molecule has 2 heterocycles. The Balaban J connectivity index is 0.00000173. The van der Waals surface area contributed by atoms with Crippen molar-refractivity contribution in [3.63, 3.8) is 0 Å². The average Bonchev–Trinajstić information content (AvgIpc) is 4.08. The molecule has 1 amide bonds. The quantitative estimate of drug-likeness (QED) is 0.179. The average molecular weight is 884 g/mol. The summed E-state index contributed by atoms with van der Waals surface area (Å²) >= 11 is 0. The molecule has 0 bridgehead atoms. The van der Waals surface area contributed by atoms with E-state index < -0.39 is 0 Å². The van der Waals surface area contributed by atoms with Gasteiger partial charge < -0.3 is 19.4 Å². The highest BCUT2D eigenvalue weighted by Crippen LogP contribution is 2.77. The number of fused-ring (bicyclic) bond motifs is 7. The van der Waals surface area contributed by atoms with Gasteiger partial charge >= 0.3 is 11.9 Å². The van der Waals surface area contributed by atoms with Gasteiger partial charge in [-0.3, -0.25) is 14.4 Å². The number of aromatic amines is 1. The van der Waals surface area contributed by atoms with Crippen molar-refractivity contribution in [1.82, 2.24) is 14.9 Å². The van der Waals surface area contributed by atoms with E-state index in [1.54, 1.807) is 6.08 Å². The molecular weight excluding hydrogens is 807 g/mol. The first-order valence-corrected chi connectivity index (χ1v) is 25.5. The minimum Gasteiger partial charge on any atom is -0.462 e. The van der Waals surface area contributed by atoms with Crippen LogP contribution in [0.4, 0.5) is 0 Å². The maximum atomic E-state index is 15.3. The second kappa shape index (κ2) is 17.5. The molecule has 1 aromatic heterocycles. The van der Waals surface area contributed by atoms with Crippen LogP contribution in [0.15, 0.2) is 79.5 Å². The molecule has 0 radical (unpaired) electrons. The van der Waals surface area contributed by atoms with Crippen molar-refractivity contribution in [2.45, 2.75) is 157 Å². The van der Waals surface area contributed by atoms with Gasteiger partial charge in [-0.2, -0.15) is 0 Å². The summed E-state index contributed by atoms with van der Waals surface area (Å²) in [6, 6.07) is 20.2. The lowest BCUT2D eigenvalue weighted by atomic mass is 9.32. The van der Waals surface area contributed by atoms with Crippen LogP contribution in [0.25, 0.3) is 11.3 Å². The number of allylic oxidation sites excluding steroid dienone is 1. The van der Waals surface area contributed by atoms with Crippen LogP contribution < -0.4 is 0 Å². The van der Waals surface area contributed by atoms with Crippen LogP contribution in [0.3, 0.4) is 0 Å². The fourth-order valence-corrected chi connectivity index (χ4v) is 16.4. The topological polar surface area (TPSA) is 102 Å². The molecule has 12 unspecified atom stereocenters. The SMILES string of the molecule is C=CC.CC1C(C(=O)OCc2ccccc2)CC1C(=O)OC1CCC2(C)C(CCC3(C)C2CCC2C4CCCC4(C(=O)N4CCCC4c4ncc(-c5ccccc5)[nH]4)CC[C@]23C)C1(C)C. The fourth-order valence-electron chi connectivity index (χ4n) is 16.4. The van der Waals surface area contributed by atoms with Crippen LogP contribution in [-0.2, 0) is 30.5 Å². The Morgan fingerprint density at radius 3 is 2.22 bits per heavy atom. The zero-order chi connectivity index (χ0) is 45.9. The van der Waals surface area contributed by atoms with Crippen molar-refractivity contribution in [2.24, 2.45) is 68.5 Å². The molecule has 13 atom stereocenters. The van der Waals surface area contributed by atoms with Gasteiger partial charge in [-0.1, -0.05) is 115 Å². The molecule has 8 heteroatoms. The molecule has 2 aromatic carbocycles. The van der Waals surface area contributed by atoms with Crippen molar-refractivity contribution in [3.8, 4) is 11.3 Å². The van der Waals surface area contributed by atoms with E-state index in [9.17, 15) is 9.59 Å². The standard InChI is InChI=1S/C54H71N3O5.C3H6/c1-34-37(47(58)61-33-35-15-9-7-10-16-35)31-38(34)48(59)62-45-24-26-51(4)43(50(45,2)3)23-27-53(6)44(51)22-21-39-40-19-13-25-54(40,29-28-52(39,53)5)49(60)57-30-14-20-42(57)46-55-32-41(56-46)36-17-11-8-12-18-36;1-3-2/h7-12,15-18,32,34,37-40,42-45H,13-14,19-31,33H2,1-6H3,(H,55,56);3H,1H2,2H3/t34?,37?,38?,39?,40?,42?,43?,44?,45?,51?,52-,53?,54?;/m1./s1. The lowest BCUT2D eigenvalue weighted by Gasteiger charge is -2.72. The fraction of sp³-hybridized carbons (Fsp3) is 0.649. The van der Waals surface area contributed by atoms with Crippen molar-refractivity contribution >= 4 is 17.8 Å². The highest BCUT2D eigenvalue weighted by atomic mass is 16.5. The third-order valence-electron chi connectivity index (χ3n) is 20.1. The van der Waals surface area contributed by atoms with Crippen LogP contribution in [0, 0.1) is 68.5 Å². The number of nitrogens with zero attached hydrogens (tertiary/aromatic N) is 2. The van der Waals surface area contributed by atoms with E-state index in [2.05, 4.69) is 75.3 Å². The summed E-state index contributed by atoms with van der Waals surface area (Å²) in [4.78, 5) is 52.8. The number of imidazole rings is 1. The van der Waals surface area contributed by atoms with E-state index >= 15 is 4.79 Å². The van der Waals surface area contributed by atoms with Crippen LogP contribution in [0.5, 0.6) is 0 Å². The number of hydrogen-bond acceptors (Lipinski definition) is 6. The molecule has 7 fully saturated rings. The first-order chi connectivity index (χ1) is 31.1. The lowest BCUT2D eigenvalue weighted by Crippen LogP contribution is -2.67. The molecule has 6 aliphatic carbocycles. The normalized spacial score (nSPS) is 38.9. The molecule has 350 valence electrons. The smallest absolute Gasteiger partial charge is 0.309 e. The number of rotatable bonds is 8. The number of benzene rings is 2. The van der Waals surface area contributed by atoms with Crippen LogP contribution in [-0.4, -0.2) is 45.4 Å². The number of nitrogens with one attached hydrogen (secondary N) is 1. The number of likely N-dealkylation sites (tertiary alicyclic amines) is 1. The van der Waals surface area contributed by atoms with E-state index in [1.165, 1.54) is 25.7 Å². The Labute approximate surface area is 389 Å². The summed E-state index contributed by atoms with van der Waals surface area (Å²) < 4.78 is 12.2. The summed E-state index contributed by atoms with van der Waals surface area (Å²) in [5.41, 5.74) is 3.26. The Kier molecular flexibility index (Phi) is 12.3. The largest absolute Gasteiger partial charge is 0.462 e. The Morgan fingerprint density at radius 2 is 1.49 bits per heavy atom. The Hall–Kier alpha value is -4.20. The van der Waals surface area contributed by atoms with Crippen molar-refractivity contribution in [1.29, 1.82) is 0 Å². The van der Waals surface area contributed by atoms with Gasteiger partial charge in [-0.15, -0.1) is 6.58 Å². The predicted octanol–water partition coefficient (Wildman–Crippen LogP) is 12.7. The number of carbonyl (C=O) groups is 3. The van der Waals surface area contributed by atoms with E-state index in [0.717, 1.165) is 87.0 Å². The second-order valence-electron chi connectivity index (χ2n) is 23.1. The number of H-pyrrole nitrogens is 1. The van der Waals surface area contributed by atoms with Gasteiger partial charge in [0.05, 0.1) is 35.2 Å². The molecule has 65 heavy (non-hydrogen) atoms. The molecule has 7 aliphatic rings. The van der Waals surface area contributed by atoms with Crippen LogP contribution >= 0.6 is 0 Å². The lowest BCUT2D eigenvalue weighted by molar-refractivity contribution is -0.249. The molecule has 1 N–H and O–H groups in total. The van der Waals surface area contributed by atoms with E-state index in [1.807, 2.05) is 56.4 Å². The van der Waals surface area contributed by atoms with Crippen LogP contribution in [0.1, 0.15) is 156 Å². The minimum atomic E-state index is -0.258. The van der Waals surface area contributed by atoms with E-state index in [4.69, 9.17) is 14.5 Å². The first kappa shape index (κ1) is 45.9. The summed E-state index contributed by atoms with van der Waals surface area (Å²) in [6.45, 7) is 21.1. The molecule has 8 nitrogen and oxygen atoms in total. The first-order valence-electron chi connectivity index (χ1n) is 25.5. The van der Waals surface area contributed by atoms with Gasteiger partial charge in [0, 0.05) is 12.0 Å². The van der Waals surface area contributed by atoms with Crippen molar-refractivity contribution in [2.75, 3.05) is 6.54 Å². The summed E-state index contributed by atoms with van der Waals surface area (Å²) in [7, 11) is 0. The minimum absolute atomic E-state index is 0.0214. The van der Waals surface area contributed by atoms with Gasteiger partial charge in [-0.05, 0) is 147 Å². The van der Waals surface area contributed by atoms with Gasteiger partial charge in [0.1, 0.15) is 18.5 Å². The molecular formula is C57H77N3O5. The predicted molar refractivity (Wildman–Crippen MR) is 256 cm³/mol. The van der Waals surface area contributed by atoms with Gasteiger partial charge in [-0.25, -0.2) is 4.98 Å². The number of ether oxygens (including phenoxy) is 2. The maximum absolute atomic E-state index is 15.3. The van der Waals surface area contributed by atoms with Gasteiger partial charge in [0.15, 0.2) is 0 Å². The molecule has 0 spiro atoms. The van der Waals surface area contributed by atoms with Gasteiger partial charge in [0.25, 0.3) is 0 Å². The zero-order valence-electron chi connectivity index (χ0n) is 40.6. The highest BCUT2D eigenvalue weighted by Gasteiger charge is 2.71. The third-order valence-corrected chi connectivity index (χ3v) is 20.1. The maximum Gasteiger partial charge on any atom is 0.309 e. The van der Waals surface area contributed by atoms with Gasteiger partial charge in [0.2, 0.25) is 5.91 Å². The monoisotopic (exact) mass is 884 g/mol. The number of hydrogen-bond donors (Lipinski definition) is 1. The summed E-state index contributed by atoms with van der Waals surface area (Å²) in [5.74, 6) is 2.50. The molecule has 1 aliphatic heterocycles. The number of esters is 2. The Bertz CT molecular complexity index is 2220. The number of amides is 1. The molecule has 1 saturated heterocycles. The molecule has 3 aromatic rings. The second-order valence-corrected chi connectivity index (χ2v) is 23.1. The molecule has 10 rings (SSSR count). The number of aromatic nitrogens is 2. The van der Waals surface area contributed by atoms with E-state index in [-0.39, 0.29) is 75.5 Å². The highest BCUT2D eigenvalue weighted by molar-refractivity contribution is 5.84. The molecule has 6 saturated carbocycles.